The van der Waals surface area contributed by atoms with E-state index in [2.05, 4.69) is 17.9 Å². The number of hydrogen-bond donors (Lipinski definition) is 1. The van der Waals surface area contributed by atoms with Gasteiger partial charge in [-0.05, 0) is 25.5 Å². The summed E-state index contributed by atoms with van der Waals surface area (Å²) in [6.45, 7) is 8.14. The van der Waals surface area contributed by atoms with Crippen molar-refractivity contribution < 1.29 is 9.15 Å². The smallest absolute Gasteiger partial charge is 0.120 e. The molecule has 4 nitrogen and oxygen atoms in total. The van der Waals surface area contributed by atoms with Gasteiger partial charge in [0, 0.05) is 12.6 Å². The molecule has 1 aromatic rings. The minimum Gasteiger partial charge on any atom is -0.463 e. The first kappa shape index (κ1) is 11.6. The fourth-order valence-corrected chi connectivity index (χ4v) is 2.07. The van der Waals surface area contributed by atoms with Crippen molar-refractivity contribution in [1.82, 2.24) is 4.90 Å². The number of nitrogens with zero attached hydrogens (tertiary/aromatic N) is 1. The Kier molecular flexibility index (Phi) is 3.63. The highest BCUT2D eigenvalue weighted by atomic mass is 16.5. The van der Waals surface area contributed by atoms with Crippen LogP contribution in [0.2, 0.25) is 0 Å². The minimum absolute atomic E-state index is 0.459. The van der Waals surface area contributed by atoms with E-state index in [9.17, 15) is 0 Å². The molecule has 0 bridgehead atoms. The second-order valence-corrected chi connectivity index (χ2v) is 4.42. The molecule has 0 spiro atoms. The zero-order valence-electron chi connectivity index (χ0n) is 10.0. The third-order valence-corrected chi connectivity index (χ3v) is 3.12. The fourth-order valence-electron chi connectivity index (χ4n) is 2.07. The Bertz CT molecular complexity index is 349. The summed E-state index contributed by atoms with van der Waals surface area (Å²) < 4.78 is 11.1. The Hall–Kier alpha value is -0.840. The van der Waals surface area contributed by atoms with Crippen molar-refractivity contribution in [3.05, 3.63) is 23.2 Å². The standard InChI is InChI=1S/C12H20N2O2/c1-9-5-11(16-12(9)6-13)7-14-3-4-15-8-10(14)2/h5,10H,3-4,6-8,13H2,1-2H3. The van der Waals surface area contributed by atoms with E-state index in [1.165, 1.54) is 0 Å². The van der Waals surface area contributed by atoms with Gasteiger partial charge in [-0.1, -0.05) is 0 Å². The van der Waals surface area contributed by atoms with Gasteiger partial charge in [-0.3, -0.25) is 4.90 Å². The van der Waals surface area contributed by atoms with Crippen LogP contribution in [0.1, 0.15) is 24.0 Å². The predicted octanol–water partition coefficient (Wildman–Crippen LogP) is 1.27. The van der Waals surface area contributed by atoms with Gasteiger partial charge < -0.3 is 14.9 Å². The summed E-state index contributed by atoms with van der Waals surface area (Å²) in [6.07, 6.45) is 0. The highest BCUT2D eigenvalue weighted by Gasteiger charge is 2.20. The van der Waals surface area contributed by atoms with Crippen LogP contribution in [0.4, 0.5) is 0 Å². The molecule has 0 aliphatic carbocycles. The van der Waals surface area contributed by atoms with Gasteiger partial charge in [0.15, 0.2) is 0 Å². The summed E-state index contributed by atoms with van der Waals surface area (Å²) in [5.41, 5.74) is 6.75. The molecule has 0 radical (unpaired) electrons. The van der Waals surface area contributed by atoms with Crippen molar-refractivity contribution in [3.8, 4) is 0 Å². The first-order valence-electron chi connectivity index (χ1n) is 5.80. The van der Waals surface area contributed by atoms with E-state index in [1.54, 1.807) is 0 Å². The van der Waals surface area contributed by atoms with E-state index in [0.717, 1.165) is 43.4 Å². The van der Waals surface area contributed by atoms with Gasteiger partial charge in [-0.25, -0.2) is 0 Å². The van der Waals surface area contributed by atoms with E-state index < -0.39 is 0 Å². The Labute approximate surface area is 96.4 Å². The van der Waals surface area contributed by atoms with Crippen LogP contribution in [0.25, 0.3) is 0 Å². The molecular formula is C12H20N2O2. The lowest BCUT2D eigenvalue weighted by Crippen LogP contribution is -2.42. The van der Waals surface area contributed by atoms with E-state index in [-0.39, 0.29) is 0 Å². The molecular weight excluding hydrogens is 204 g/mol. The molecule has 0 amide bonds. The molecule has 1 aliphatic heterocycles. The van der Waals surface area contributed by atoms with Crippen molar-refractivity contribution >= 4 is 0 Å². The molecule has 1 saturated heterocycles. The van der Waals surface area contributed by atoms with Crippen LogP contribution in [-0.2, 0) is 17.8 Å². The van der Waals surface area contributed by atoms with Crippen LogP contribution >= 0.6 is 0 Å². The van der Waals surface area contributed by atoms with Gasteiger partial charge in [0.25, 0.3) is 0 Å². The third kappa shape index (κ3) is 2.45. The second-order valence-electron chi connectivity index (χ2n) is 4.42. The third-order valence-electron chi connectivity index (χ3n) is 3.12. The van der Waals surface area contributed by atoms with E-state index in [0.29, 0.717) is 12.6 Å². The molecule has 1 unspecified atom stereocenters. The van der Waals surface area contributed by atoms with Gasteiger partial charge in [-0.2, -0.15) is 0 Å². The fraction of sp³-hybridized carbons (Fsp3) is 0.667. The summed E-state index contributed by atoms with van der Waals surface area (Å²) in [5.74, 6) is 1.91. The van der Waals surface area contributed by atoms with Crippen LogP contribution in [-0.4, -0.2) is 30.7 Å². The first-order valence-corrected chi connectivity index (χ1v) is 5.80. The van der Waals surface area contributed by atoms with Crippen LogP contribution in [0.15, 0.2) is 10.5 Å². The van der Waals surface area contributed by atoms with E-state index in [1.807, 2.05) is 6.92 Å². The molecule has 2 N–H and O–H groups in total. The number of hydrogen-bond acceptors (Lipinski definition) is 4. The molecule has 1 atom stereocenters. The topological polar surface area (TPSA) is 51.6 Å². The zero-order chi connectivity index (χ0) is 11.5. The lowest BCUT2D eigenvalue weighted by molar-refractivity contribution is -0.00720. The number of furan rings is 1. The van der Waals surface area contributed by atoms with Gasteiger partial charge in [0.1, 0.15) is 11.5 Å². The number of aryl methyl sites for hydroxylation is 1. The number of ether oxygens (including phenoxy) is 1. The summed E-state index contributed by atoms with van der Waals surface area (Å²) in [7, 11) is 0. The molecule has 0 aromatic carbocycles. The lowest BCUT2D eigenvalue weighted by atomic mass is 10.2. The molecule has 2 heterocycles. The quantitative estimate of drug-likeness (QED) is 0.840. The maximum Gasteiger partial charge on any atom is 0.120 e. The Morgan fingerprint density at radius 3 is 3.00 bits per heavy atom. The average Bonchev–Trinajstić information content (AvgIpc) is 2.62. The maximum atomic E-state index is 5.71. The van der Waals surface area contributed by atoms with Gasteiger partial charge in [-0.15, -0.1) is 0 Å². The monoisotopic (exact) mass is 224 g/mol. The zero-order valence-corrected chi connectivity index (χ0v) is 10.0. The highest BCUT2D eigenvalue weighted by Crippen LogP contribution is 2.18. The summed E-state index contributed by atoms with van der Waals surface area (Å²) in [4.78, 5) is 2.38. The molecule has 16 heavy (non-hydrogen) atoms. The number of rotatable bonds is 3. The van der Waals surface area contributed by atoms with Crippen molar-refractivity contribution in [2.24, 2.45) is 5.73 Å². The molecule has 0 saturated carbocycles. The maximum absolute atomic E-state index is 5.71. The summed E-state index contributed by atoms with van der Waals surface area (Å²) in [6, 6.07) is 2.55. The Morgan fingerprint density at radius 1 is 1.56 bits per heavy atom. The van der Waals surface area contributed by atoms with Crippen LogP contribution in [0.5, 0.6) is 0 Å². The Morgan fingerprint density at radius 2 is 2.38 bits per heavy atom. The minimum atomic E-state index is 0.459. The SMILES string of the molecule is Cc1cc(CN2CCOCC2C)oc1CN. The lowest BCUT2D eigenvalue weighted by Gasteiger charge is -2.32. The molecule has 4 heteroatoms. The normalized spacial score (nSPS) is 22.6. The van der Waals surface area contributed by atoms with Crippen molar-refractivity contribution in [3.63, 3.8) is 0 Å². The van der Waals surface area contributed by atoms with Gasteiger partial charge in [0.2, 0.25) is 0 Å². The van der Waals surface area contributed by atoms with Crippen LogP contribution in [0.3, 0.4) is 0 Å². The molecule has 90 valence electrons. The highest BCUT2D eigenvalue weighted by molar-refractivity contribution is 5.19. The summed E-state index contributed by atoms with van der Waals surface area (Å²) in [5, 5.41) is 0. The van der Waals surface area contributed by atoms with Gasteiger partial charge >= 0.3 is 0 Å². The number of morpholine rings is 1. The molecule has 1 aromatic heterocycles. The van der Waals surface area contributed by atoms with Crippen LogP contribution in [0, 0.1) is 6.92 Å². The summed E-state index contributed by atoms with van der Waals surface area (Å²) >= 11 is 0. The van der Waals surface area contributed by atoms with Crippen molar-refractivity contribution in [2.45, 2.75) is 33.0 Å². The average molecular weight is 224 g/mol. The van der Waals surface area contributed by atoms with Crippen molar-refractivity contribution in [1.29, 1.82) is 0 Å². The largest absolute Gasteiger partial charge is 0.463 e. The van der Waals surface area contributed by atoms with Crippen molar-refractivity contribution in [2.75, 3.05) is 19.8 Å². The molecule has 1 aliphatic rings. The van der Waals surface area contributed by atoms with Crippen LogP contribution < -0.4 is 5.73 Å². The predicted molar refractivity (Wildman–Crippen MR) is 62.0 cm³/mol. The first-order chi connectivity index (χ1) is 7.70. The van der Waals surface area contributed by atoms with E-state index >= 15 is 0 Å². The second kappa shape index (κ2) is 4.99. The molecule has 2 rings (SSSR count). The molecule has 1 fully saturated rings. The number of nitrogens with two attached hydrogens (primary N) is 1. The van der Waals surface area contributed by atoms with E-state index in [4.69, 9.17) is 14.9 Å². The van der Waals surface area contributed by atoms with Gasteiger partial charge in [0.05, 0.1) is 26.3 Å². The Balaban J connectivity index is 2.02.